The molecule has 0 saturated carbocycles. The average Bonchev–Trinajstić information content (AvgIpc) is 2.81. The van der Waals surface area contributed by atoms with Crippen LogP contribution in [0.15, 0.2) is 30.5 Å². The van der Waals surface area contributed by atoms with E-state index in [1.54, 1.807) is 18.3 Å². The second-order valence-corrected chi connectivity index (χ2v) is 4.57. The molecule has 0 radical (unpaired) electrons. The van der Waals surface area contributed by atoms with Gasteiger partial charge in [-0.05, 0) is 30.9 Å². The van der Waals surface area contributed by atoms with Crippen molar-refractivity contribution in [1.82, 2.24) is 9.19 Å². The number of hydrogen-bond donors (Lipinski definition) is 1. The number of benzene rings is 1. The van der Waals surface area contributed by atoms with Gasteiger partial charge >= 0.3 is 6.36 Å². The molecular weight excluding hydrogens is 305 g/mol. The maximum Gasteiger partial charge on any atom is 0.573 e. The first-order chi connectivity index (χ1) is 9.89. The van der Waals surface area contributed by atoms with Crippen molar-refractivity contribution in [1.29, 1.82) is 0 Å². The highest BCUT2D eigenvalue weighted by molar-refractivity contribution is 7.78. The van der Waals surface area contributed by atoms with Crippen LogP contribution in [0.25, 0.3) is 0 Å². The summed E-state index contributed by atoms with van der Waals surface area (Å²) in [6, 6.07) is 6.08. The molecule has 0 saturated heterocycles. The average molecular weight is 318 g/mol. The van der Waals surface area contributed by atoms with Crippen molar-refractivity contribution in [2.45, 2.75) is 26.3 Å². The van der Waals surface area contributed by atoms with Crippen molar-refractivity contribution in [3.05, 3.63) is 41.6 Å². The second-order valence-electron chi connectivity index (χ2n) is 4.16. The Balaban J connectivity index is 2.22. The van der Waals surface area contributed by atoms with Gasteiger partial charge in [0, 0.05) is 17.8 Å². The number of nitrogens with zero attached hydrogens (tertiary/aromatic N) is 2. The highest BCUT2D eigenvalue weighted by Crippen LogP contribution is 2.29. The summed E-state index contributed by atoms with van der Waals surface area (Å²) in [6.07, 6.45) is -2.63. The number of aromatic nitrogens is 2. The van der Waals surface area contributed by atoms with Gasteiger partial charge in [0.05, 0.1) is 0 Å². The van der Waals surface area contributed by atoms with E-state index < -0.39 is 6.36 Å². The van der Waals surface area contributed by atoms with Gasteiger partial charge in [-0.2, -0.15) is 0 Å². The van der Waals surface area contributed by atoms with Gasteiger partial charge in [-0.1, -0.05) is 19.1 Å². The number of ether oxygens (including phenoxy) is 2. The van der Waals surface area contributed by atoms with Crippen LogP contribution in [-0.2, 0) is 13.0 Å². The van der Waals surface area contributed by atoms with Crippen LogP contribution in [0.3, 0.4) is 0 Å². The standard InChI is InChI=1S/C13H13F3N2O2S/c1-2-9-4-3-5-11(20-13(14,15)16)10(9)8-19-12-6-7-18(21)17-12/h3-7,21H,2,8H2,1H3. The summed E-state index contributed by atoms with van der Waals surface area (Å²) in [7, 11) is 0. The Morgan fingerprint density at radius 2 is 2.05 bits per heavy atom. The van der Waals surface area contributed by atoms with Crippen LogP contribution in [0, 0.1) is 0 Å². The topological polar surface area (TPSA) is 36.3 Å². The number of halogens is 3. The van der Waals surface area contributed by atoms with Crippen molar-refractivity contribution in [3.63, 3.8) is 0 Å². The van der Waals surface area contributed by atoms with Gasteiger partial charge in [0.15, 0.2) is 0 Å². The largest absolute Gasteiger partial charge is 0.573 e. The summed E-state index contributed by atoms with van der Waals surface area (Å²) in [5, 5.41) is 3.88. The summed E-state index contributed by atoms with van der Waals surface area (Å²) in [6.45, 7) is 1.78. The minimum absolute atomic E-state index is 0.0692. The molecule has 0 spiro atoms. The molecule has 0 amide bonds. The molecule has 2 rings (SSSR count). The predicted molar refractivity (Wildman–Crippen MR) is 73.4 cm³/mol. The zero-order valence-electron chi connectivity index (χ0n) is 11.1. The quantitative estimate of drug-likeness (QED) is 0.856. The maximum atomic E-state index is 12.4. The van der Waals surface area contributed by atoms with Gasteiger partial charge in [0.25, 0.3) is 0 Å². The monoisotopic (exact) mass is 318 g/mol. The fourth-order valence-corrected chi connectivity index (χ4v) is 2.00. The molecule has 4 nitrogen and oxygen atoms in total. The van der Waals surface area contributed by atoms with E-state index >= 15 is 0 Å². The molecule has 0 aliphatic heterocycles. The van der Waals surface area contributed by atoms with Crippen molar-refractivity contribution in [2.75, 3.05) is 0 Å². The normalized spacial score (nSPS) is 11.5. The summed E-state index contributed by atoms with van der Waals surface area (Å²) in [5.74, 6) is 0.0148. The lowest BCUT2D eigenvalue weighted by Gasteiger charge is -2.16. The highest BCUT2D eigenvalue weighted by atomic mass is 32.1. The summed E-state index contributed by atoms with van der Waals surface area (Å²) >= 11 is 3.95. The van der Waals surface area contributed by atoms with Crippen LogP contribution in [0.5, 0.6) is 11.6 Å². The van der Waals surface area contributed by atoms with E-state index in [9.17, 15) is 13.2 Å². The van der Waals surface area contributed by atoms with Crippen LogP contribution in [-0.4, -0.2) is 15.5 Å². The fourth-order valence-electron chi connectivity index (χ4n) is 1.85. The minimum atomic E-state index is -4.74. The molecule has 0 atom stereocenters. The van der Waals surface area contributed by atoms with Gasteiger partial charge < -0.3 is 9.47 Å². The van der Waals surface area contributed by atoms with E-state index in [1.165, 1.54) is 16.2 Å². The second kappa shape index (κ2) is 6.30. The maximum absolute atomic E-state index is 12.4. The Morgan fingerprint density at radius 3 is 2.62 bits per heavy atom. The lowest BCUT2D eigenvalue weighted by Crippen LogP contribution is -2.19. The molecule has 1 aromatic heterocycles. The third kappa shape index (κ3) is 4.32. The van der Waals surface area contributed by atoms with Crippen LogP contribution >= 0.6 is 12.8 Å². The molecule has 8 heteroatoms. The zero-order valence-corrected chi connectivity index (χ0v) is 12.0. The Bertz CT molecular complexity index is 614. The summed E-state index contributed by atoms with van der Waals surface area (Å²) in [4.78, 5) is 0. The van der Waals surface area contributed by atoms with Crippen molar-refractivity contribution in [3.8, 4) is 11.6 Å². The molecule has 0 unspecified atom stereocenters. The van der Waals surface area contributed by atoms with Gasteiger partial charge in [0.2, 0.25) is 5.88 Å². The molecule has 1 heterocycles. The molecule has 2 aromatic rings. The van der Waals surface area contributed by atoms with E-state index in [1.807, 2.05) is 6.92 Å². The fraction of sp³-hybridized carbons (Fsp3) is 0.308. The molecule has 0 aliphatic carbocycles. The van der Waals surface area contributed by atoms with E-state index in [2.05, 4.69) is 22.7 Å². The van der Waals surface area contributed by atoms with Gasteiger partial charge in [-0.3, -0.25) is 0 Å². The molecule has 0 fully saturated rings. The third-order valence-electron chi connectivity index (χ3n) is 2.75. The Morgan fingerprint density at radius 1 is 1.29 bits per heavy atom. The van der Waals surface area contributed by atoms with E-state index in [-0.39, 0.29) is 18.2 Å². The number of alkyl halides is 3. The first-order valence-electron chi connectivity index (χ1n) is 6.13. The third-order valence-corrected chi connectivity index (χ3v) is 2.98. The number of thiol groups is 1. The zero-order chi connectivity index (χ0) is 15.5. The minimum Gasteiger partial charge on any atom is -0.472 e. The molecule has 114 valence electrons. The lowest BCUT2D eigenvalue weighted by molar-refractivity contribution is -0.275. The van der Waals surface area contributed by atoms with Crippen LogP contribution in [0.4, 0.5) is 13.2 Å². The Kier molecular flexibility index (Phi) is 4.66. The molecule has 0 N–H and O–H groups in total. The highest BCUT2D eigenvalue weighted by Gasteiger charge is 2.32. The number of rotatable bonds is 5. The molecule has 0 bridgehead atoms. The van der Waals surface area contributed by atoms with E-state index in [0.29, 0.717) is 12.0 Å². The predicted octanol–water partition coefficient (Wildman–Crippen LogP) is 3.62. The van der Waals surface area contributed by atoms with Crippen molar-refractivity contribution >= 4 is 12.8 Å². The smallest absolute Gasteiger partial charge is 0.472 e. The SMILES string of the molecule is CCc1cccc(OC(F)(F)F)c1COc1ccn(S)n1. The van der Waals surface area contributed by atoms with E-state index in [0.717, 1.165) is 5.56 Å². The number of hydrogen-bond acceptors (Lipinski definition) is 4. The Labute approximate surface area is 125 Å². The van der Waals surface area contributed by atoms with Crippen molar-refractivity contribution < 1.29 is 22.6 Å². The first kappa shape index (κ1) is 15.6. The van der Waals surface area contributed by atoms with Crippen LogP contribution in [0.1, 0.15) is 18.1 Å². The number of aryl methyl sites for hydroxylation is 1. The first-order valence-corrected chi connectivity index (χ1v) is 6.53. The Hall–Kier alpha value is -1.83. The molecule has 0 aliphatic rings. The van der Waals surface area contributed by atoms with Gasteiger partial charge in [0.1, 0.15) is 12.4 Å². The van der Waals surface area contributed by atoms with Crippen LogP contribution in [0.2, 0.25) is 0 Å². The van der Waals surface area contributed by atoms with E-state index in [4.69, 9.17) is 4.74 Å². The summed E-state index contributed by atoms with van der Waals surface area (Å²) in [5.41, 5.74) is 1.08. The molecule has 1 aromatic carbocycles. The van der Waals surface area contributed by atoms with Crippen molar-refractivity contribution in [2.24, 2.45) is 0 Å². The van der Waals surface area contributed by atoms with Gasteiger partial charge in [-0.25, -0.2) is 4.09 Å². The summed E-state index contributed by atoms with van der Waals surface area (Å²) < 4.78 is 48.0. The van der Waals surface area contributed by atoms with Crippen LogP contribution < -0.4 is 9.47 Å². The molecule has 21 heavy (non-hydrogen) atoms. The molecular formula is C13H13F3N2O2S. The lowest BCUT2D eigenvalue weighted by atomic mass is 10.0. The van der Waals surface area contributed by atoms with Gasteiger partial charge in [-0.15, -0.1) is 18.3 Å².